The molecule has 0 heterocycles. The van der Waals surface area contributed by atoms with E-state index >= 15 is 0 Å². The summed E-state index contributed by atoms with van der Waals surface area (Å²) in [6, 6.07) is 46.3. The first-order chi connectivity index (χ1) is 24.1. The Morgan fingerprint density at radius 3 is 1.84 bits per heavy atom. The Labute approximate surface area is 301 Å². The van der Waals surface area contributed by atoms with Crippen LogP contribution in [0, 0.1) is 0 Å². The highest BCUT2D eigenvalue weighted by Gasteiger charge is 2.42. The molecule has 0 saturated heterocycles. The first kappa shape index (κ1) is 31.9. The molecule has 0 radical (unpaired) electrons. The van der Waals surface area contributed by atoms with Crippen molar-refractivity contribution >= 4 is 34.2 Å². The Morgan fingerprint density at radius 1 is 0.560 bits per heavy atom. The van der Waals surface area contributed by atoms with Crippen LogP contribution < -0.4 is 4.90 Å². The van der Waals surface area contributed by atoms with Crippen molar-refractivity contribution in [2.75, 3.05) is 4.90 Å². The molecule has 0 bridgehead atoms. The minimum atomic E-state index is -0.189. The van der Waals surface area contributed by atoms with Gasteiger partial charge in [-0.25, -0.2) is 0 Å². The standard InChI is InChI=1S/C48H40ClN/c1-7-13-31(8-2)33-18-22-35(23-19-33)50(36-24-20-34(21-25-36)32-14-10-9-11-15-32)37-26-27-38-39-29-40-44(30-43(39)48(5,6)42(38)28-37)47(3,4)41-16-12-17-45(49)46(40)41/h7-30H,1-2H2,3-6H3/b31-13+. The lowest BCUT2D eigenvalue weighted by Gasteiger charge is -2.29. The number of nitrogens with zero attached hydrogens (tertiary/aromatic N) is 1. The predicted octanol–water partition coefficient (Wildman–Crippen LogP) is 13.8. The van der Waals surface area contributed by atoms with Gasteiger partial charge in [0.15, 0.2) is 0 Å². The second-order valence-electron chi connectivity index (χ2n) is 14.4. The van der Waals surface area contributed by atoms with Crippen molar-refractivity contribution in [2.45, 2.75) is 38.5 Å². The zero-order valence-corrected chi connectivity index (χ0v) is 29.9. The monoisotopic (exact) mass is 665 g/mol. The van der Waals surface area contributed by atoms with Crippen LogP contribution in [0.2, 0.25) is 5.02 Å². The van der Waals surface area contributed by atoms with E-state index in [9.17, 15) is 0 Å². The molecular formula is C48H40ClN. The van der Waals surface area contributed by atoms with Crippen molar-refractivity contribution in [2.24, 2.45) is 0 Å². The van der Waals surface area contributed by atoms with Crippen LogP contribution in [0.15, 0.2) is 159 Å². The summed E-state index contributed by atoms with van der Waals surface area (Å²) < 4.78 is 0. The quantitative estimate of drug-likeness (QED) is 0.153. The van der Waals surface area contributed by atoms with Gasteiger partial charge < -0.3 is 4.90 Å². The lowest BCUT2D eigenvalue weighted by atomic mass is 9.77. The maximum absolute atomic E-state index is 6.88. The molecule has 6 aromatic carbocycles. The molecule has 1 nitrogen and oxygen atoms in total. The topological polar surface area (TPSA) is 3.24 Å². The van der Waals surface area contributed by atoms with Gasteiger partial charge in [0.25, 0.3) is 0 Å². The molecule has 2 aliphatic rings. The SMILES string of the molecule is C=C/C=C(\C=C)c1ccc(N(c2ccc(-c3ccccc3)cc2)c2ccc3c(c2)C(C)(C)c2cc4c(cc2-3)-c2c(Cl)cccc2C4(C)C)cc1. The minimum Gasteiger partial charge on any atom is -0.310 e. The molecule has 0 saturated carbocycles. The Morgan fingerprint density at radius 2 is 1.16 bits per heavy atom. The van der Waals surface area contributed by atoms with Crippen LogP contribution in [0.3, 0.4) is 0 Å². The molecular weight excluding hydrogens is 626 g/mol. The number of allylic oxidation sites excluding steroid dienone is 4. The Hall–Kier alpha value is -5.37. The van der Waals surface area contributed by atoms with Gasteiger partial charge in [-0.15, -0.1) is 0 Å². The van der Waals surface area contributed by atoms with E-state index < -0.39 is 0 Å². The van der Waals surface area contributed by atoms with Crippen LogP contribution in [0.4, 0.5) is 17.1 Å². The maximum atomic E-state index is 6.88. The Bertz CT molecular complexity index is 2340. The molecule has 50 heavy (non-hydrogen) atoms. The van der Waals surface area contributed by atoms with Gasteiger partial charge in [-0.2, -0.15) is 0 Å². The van der Waals surface area contributed by atoms with Crippen molar-refractivity contribution in [3.05, 3.63) is 192 Å². The van der Waals surface area contributed by atoms with Gasteiger partial charge in [0.2, 0.25) is 0 Å². The molecule has 0 fully saturated rings. The summed E-state index contributed by atoms with van der Waals surface area (Å²) in [7, 11) is 0. The third-order valence-corrected chi connectivity index (χ3v) is 11.2. The van der Waals surface area contributed by atoms with E-state index in [0.29, 0.717) is 0 Å². The second-order valence-corrected chi connectivity index (χ2v) is 14.8. The Balaban J connectivity index is 1.26. The van der Waals surface area contributed by atoms with Gasteiger partial charge in [-0.3, -0.25) is 0 Å². The van der Waals surface area contributed by atoms with Gasteiger partial charge >= 0.3 is 0 Å². The molecule has 0 aliphatic heterocycles. The molecule has 0 atom stereocenters. The molecule has 0 unspecified atom stereocenters. The van der Waals surface area contributed by atoms with E-state index in [2.05, 4.69) is 167 Å². The van der Waals surface area contributed by atoms with Gasteiger partial charge in [0.05, 0.1) is 0 Å². The number of hydrogen-bond acceptors (Lipinski definition) is 1. The molecule has 0 spiro atoms. The van der Waals surface area contributed by atoms with E-state index in [1.807, 2.05) is 18.2 Å². The smallest absolute Gasteiger partial charge is 0.0487 e. The fraction of sp³-hybridized carbons (Fsp3) is 0.125. The normalized spacial score (nSPS) is 14.7. The van der Waals surface area contributed by atoms with E-state index in [1.165, 1.54) is 55.6 Å². The third kappa shape index (κ3) is 4.91. The zero-order valence-electron chi connectivity index (χ0n) is 29.1. The second kappa shape index (κ2) is 11.9. The van der Waals surface area contributed by atoms with Gasteiger partial charge in [-0.1, -0.05) is 150 Å². The largest absolute Gasteiger partial charge is 0.310 e. The summed E-state index contributed by atoms with van der Waals surface area (Å²) in [5, 5.41) is 0.822. The summed E-state index contributed by atoms with van der Waals surface area (Å²) in [5.41, 5.74) is 17.9. The molecule has 2 heteroatoms. The number of hydrogen-bond donors (Lipinski definition) is 0. The van der Waals surface area contributed by atoms with E-state index in [4.69, 9.17) is 11.6 Å². The van der Waals surface area contributed by atoms with Crippen LogP contribution in [0.25, 0.3) is 39.0 Å². The minimum absolute atomic E-state index is 0.123. The molecule has 2 aliphatic carbocycles. The number of rotatable bonds is 7. The first-order valence-electron chi connectivity index (χ1n) is 17.3. The predicted molar refractivity (Wildman–Crippen MR) is 215 cm³/mol. The van der Waals surface area contributed by atoms with Crippen LogP contribution in [-0.2, 0) is 10.8 Å². The van der Waals surface area contributed by atoms with Crippen LogP contribution >= 0.6 is 11.6 Å². The van der Waals surface area contributed by atoms with E-state index in [-0.39, 0.29) is 10.8 Å². The van der Waals surface area contributed by atoms with Gasteiger partial charge in [0, 0.05) is 38.5 Å². The highest BCUT2D eigenvalue weighted by molar-refractivity contribution is 6.34. The maximum Gasteiger partial charge on any atom is 0.0487 e. The summed E-state index contributed by atoms with van der Waals surface area (Å²) in [6.45, 7) is 17.3. The van der Waals surface area contributed by atoms with E-state index in [1.54, 1.807) is 6.08 Å². The van der Waals surface area contributed by atoms with E-state index in [0.717, 1.165) is 33.2 Å². The fourth-order valence-electron chi connectivity index (χ4n) is 8.19. The van der Waals surface area contributed by atoms with Crippen molar-refractivity contribution in [1.82, 2.24) is 0 Å². The van der Waals surface area contributed by atoms with Gasteiger partial charge in [0.1, 0.15) is 0 Å². The summed E-state index contributed by atoms with van der Waals surface area (Å²) in [6.07, 6.45) is 5.67. The Kier molecular flexibility index (Phi) is 7.58. The van der Waals surface area contributed by atoms with Crippen molar-refractivity contribution < 1.29 is 0 Å². The van der Waals surface area contributed by atoms with Crippen LogP contribution in [0.1, 0.15) is 55.5 Å². The highest BCUT2D eigenvalue weighted by Crippen LogP contribution is 2.57. The summed E-state index contributed by atoms with van der Waals surface area (Å²) in [5.74, 6) is 0. The van der Waals surface area contributed by atoms with Crippen molar-refractivity contribution in [3.63, 3.8) is 0 Å². The number of anilines is 3. The van der Waals surface area contributed by atoms with Crippen LogP contribution in [0.5, 0.6) is 0 Å². The van der Waals surface area contributed by atoms with Crippen molar-refractivity contribution in [3.8, 4) is 33.4 Å². The molecule has 6 aromatic rings. The summed E-state index contributed by atoms with van der Waals surface area (Å²) in [4.78, 5) is 2.36. The van der Waals surface area contributed by atoms with Crippen molar-refractivity contribution in [1.29, 1.82) is 0 Å². The molecule has 8 rings (SSSR count). The lowest BCUT2D eigenvalue weighted by molar-refractivity contribution is 0.639. The average molecular weight is 666 g/mol. The molecule has 0 N–H and O–H groups in total. The van der Waals surface area contributed by atoms with Gasteiger partial charge in [-0.05, 0) is 110 Å². The lowest BCUT2D eigenvalue weighted by Crippen LogP contribution is -2.19. The number of fused-ring (bicyclic) bond motifs is 6. The molecule has 0 amide bonds. The molecule has 0 aromatic heterocycles. The molecule has 244 valence electrons. The zero-order chi connectivity index (χ0) is 34.8. The number of benzene rings is 6. The fourth-order valence-corrected chi connectivity index (χ4v) is 8.46. The van der Waals surface area contributed by atoms with Crippen LogP contribution in [-0.4, -0.2) is 0 Å². The average Bonchev–Trinajstić information content (AvgIpc) is 3.50. The summed E-state index contributed by atoms with van der Waals surface area (Å²) >= 11 is 6.88. The number of halogens is 1. The highest BCUT2D eigenvalue weighted by atomic mass is 35.5. The third-order valence-electron chi connectivity index (χ3n) is 10.9. The first-order valence-corrected chi connectivity index (χ1v) is 17.7.